The lowest BCUT2D eigenvalue weighted by Gasteiger charge is -2.52. The number of carbonyl (C=O) groups is 4. The van der Waals surface area contributed by atoms with Crippen LogP contribution in [0.25, 0.3) is 11.0 Å². The fraction of sp³-hybridized carbons (Fsp3) is 0.489. The Hall–Kier alpha value is -5.63. The second kappa shape index (κ2) is 16.1. The number of pyridine rings is 1. The molecule has 3 N–H and O–H groups in total. The number of fused-ring (bicyclic) bond motifs is 2. The minimum atomic E-state index is -3.58. The fourth-order valence-corrected chi connectivity index (χ4v) is 12.5. The van der Waals surface area contributed by atoms with Crippen molar-refractivity contribution < 1.29 is 37.1 Å². The van der Waals surface area contributed by atoms with E-state index in [4.69, 9.17) is 0 Å². The van der Waals surface area contributed by atoms with Crippen molar-refractivity contribution in [2.75, 3.05) is 49.5 Å². The van der Waals surface area contributed by atoms with Crippen LogP contribution in [0.2, 0.25) is 0 Å². The van der Waals surface area contributed by atoms with Gasteiger partial charge >= 0.3 is 0 Å². The van der Waals surface area contributed by atoms with Crippen molar-refractivity contribution in [1.29, 1.82) is 0 Å². The summed E-state index contributed by atoms with van der Waals surface area (Å²) < 4.78 is 44.7. The van der Waals surface area contributed by atoms with E-state index in [0.29, 0.717) is 80.7 Å². The summed E-state index contributed by atoms with van der Waals surface area (Å²) in [4.78, 5) is 80.4. The van der Waals surface area contributed by atoms with E-state index >= 15 is 4.39 Å². The van der Waals surface area contributed by atoms with E-state index in [1.54, 1.807) is 48.0 Å². The molecule has 1 aliphatic carbocycles. The predicted octanol–water partition coefficient (Wildman–Crippen LogP) is 3.14. The molecule has 4 amide bonds. The van der Waals surface area contributed by atoms with E-state index in [1.165, 1.54) is 12.1 Å². The lowest BCUT2D eigenvalue weighted by Crippen LogP contribution is -2.64. The van der Waals surface area contributed by atoms with Crippen LogP contribution in [0, 0.1) is 5.82 Å². The van der Waals surface area contributed by atoms with Gasteiger partial charge in [0.25, 0.3) is 17.4 Å². The quantitative estimate of drug-likeness (QED) is 0.207. The Bertz CT molecular complexity index is 2740. The van der Waals surface area contributed by atoms with Crippen LogP contribution in [0.15, 0.2) is 64.4 Å². The van der Waals surface area contributed by atoms with Crippen molar-refractivity contribution in [1.82, 2.24) is 34.6 Å². The minimum Gasteiger partial charge on any atom is -0.388 e. The van der Waals surface area contributed by atoms with Gasteiger partial charge in [0.2, 0.25) is 17.8 Å². The average molecular weight is 896 g/mol. The molecule has 4 aromatic rings. The molecule has 1 unspecified atom stereocenters. The summed E-state index contributed by atoms with van der Waals surface area (Å²) >= 11 is 0. The number of rotatable bonds is 9. The second-order valence-electron chi connectivity index (χ2n) is 18.3. The molecule has 2 aromatic carbocycles. The van der Waals surface area contributed by atoms with Gasteiger partial charge in [0.15, 0.2) is 9.84 Å². The first-order valence-corrected chi connectivity index (χ1v) is 23.7. The SMILES string of the molecule is C[C@@]1(O)CCC[C@H]1n1c(=O)ccc2cnc(Nc3ccc(S(=O)(=O)C4CCN(C5CN(C6CCN(c7cc8c(cc7F)C(=O)N(C7CCC(=O)NC7=O)C8=O)CC6)C5)CC4)cc3)nc21. The largest absolute Gasteiger partial charge is 0.388 e. The van der Waals surface area contributed by atoms with E-state index in [9.17, 15) is 37.5 Å². The molecule has 6 aliphatic rings. The Balaban J connectivity index is 0.705. The fourth-order valence-electron chi connectivity index (χ4n) is 10.7. The van der Waals surface area contributed by atoms with E-state index in [1.807, 2.05) is 4.90 Å². The van der Waals surface area contributed by atoms with Gasteiger partial charge in [-0.2, -0.15) is 4.98 Å². The monoisotopic (exact) mass is 895 g/mol. The molecule has 7 heterocycles. The molecular formula is C45H50FN9O8S. The van der Waals surface area contributed by atoms with Crippen LogP contribution in [0.4, 0.5) is 21.7 Å². The molecule has 336 valence electrons. The van der Waals surface area contributed by atoms with E-state index in [2.05, 4.69) is 30.4 Å². The molecule has 0 spiro atoms. The van der Waals surface area contributed by atoms with Crippen molar-refractivity contribution in [2.24, 2.45) is 0 Å². The number of sulfone groups is 1. The molecule has 2 aromatic heterocycles. The van der Waals surface area contributed by atoms with Crippen LogP contribution < -0.4 is 21.1 Å². The first-order valence-electron chi connectivity index (χ1n) is 22.2. The Labute approximate surface area is 368 Å². The van der Waals surface area contributed by atoms with E-state index in [0.717, 1.165) is 43.3 Å². The van der Waals surface area contributed by atoms with Crippen LogP contribution in [0.1, 0.15) is 91.5 Å². The standard InChI is InChI=1S/C45H50FN9O8S/c1-45(61)16-2-3-37(45)55-39(57)11-4-26-23-47-44(50-40(26)55)48-27-5-7-30(8-6-27)64(62,63)31-14-19-51(20-15-31)29-24-53(25-29)28-12-17-52(18-13-28)36-22-33-32(21-34(36)46)42(59)54(43(33)60)35-9-10-38(56)49-41(35)58/h4-8,11,21-23,28-29,31,35,37,61H,2-3,9-10,12-20,24-25H2,1H3,(H,47,48,50)(H,49,56,58)/t35?,37-,45-/m1/s1. The van der Waals surface area contributed by atoms with Crippen molar-refractivity contribution in [2.45, 2.75) is 105 Å². The number of likely N-dealkylation sites (tertiary alicyclic amines) is 2. The molecule has 0 bridgehead atoms. The molecule has 1 saturated carbocycles. The topological polar surface area (TPSA) is 207 Å². The molecular weight excluding hydrogens is 846 g/mol. The normalized spacial score (nSPS) is 25.5. The third kappa shape index (κ3) is 7.44. The molecule has 3 atom stereocenters. The van der Waals surface area contributed by atoms with Gasteiger partial charge in [-0.15, -0.1) is 0 Å². The number of halogens is 1. The number of imide groups is 2. The zero-order valence-corrected chi connectivity index (χ0v) is 36.2. The van der Waals surface area contributed by atoms with Gasteiger partial charge in [-0.3, -0.25) is 48.6 Å². The Kier molecular flexibility index (Phi) is 10.7. The van der Waals surface area contributed by atoms with Gasteiger partial charge in [-0.25, -0.2) is 17.8 Å². The molecule has 0 radical (unpaired) electrons. The highest BCUT2D eigenvalue weighted by molar-refractivity contribution is 7.92. The molecule has 5 fully saturated rings. The van der Waals surface area contributed by atoms with Crippen molar-refractivity contribution in [3.05, 3.63) is 82.0 Å². The smallest absolute Gasteiger partial charge is 0.262 e. The predicted molar refractivity (Wildman–Crippen MR) is 232 cm³/mol. The maximum absolute atomic E-state index is 15.5. The number of nitrogens with one attached hydrogen (secondary N) is 2. The third-order valence-corrected chi connectivity index (χ3v) is 16.7. The van der Waals surface area contributed by atoms with Crippen molar-refractivity contribution in [3.8, 4) is 0 Å². The third-order valence-electron chi connectivity index (χ3n) is 14.4. The Morgan fingerprint density at radius 3 is 2.22 bits per heavy atom. The van der Waals surface area contributed by atoms with Gasteiger partial charge in [0, 0.05) is 68.0 Å². The zero-order chi connectivity index (χ0) is 44.7. The molecule has 64 heavy (non-hydrogen) atoms. The Morgan fingerprint density at radius 1 is 0.844 bits per heavy atom. The number of piperidine rings is 3. The number of hydrogen-bond acceptors (Lipinski definition) is 14. The lowest BCUT2D eigenvalue weighted by atomic mass is 9.95. The van der Waals surface area contributed by atoms with Gasteiger partial charge in [-0.1, -0.05) is 0 Å². The van der Waals surface area contributed by atoms with Crippen LogP contribution in [-0.4, -0.2) is 135 Å². The lowest BCUT2D eigenvalue weighted by molar-refractivity contribution is -0.136. The molecule has 17 nitrogen and oxygen atoms in total. The minimum absolute atomic E-state index is 0.00309. The molecule has 4 saturated heterocycles. The van der Waals surface area contributed by atoms with E-state index in [-0.39, 0.29) is 46.1 Å². The summed E-state index contributed by atoms with van der Waals surface area (Å²) in [6.07, 6.45) is 6.35. The maximum atomic E-state index is 15.5. The summed E-state index contributed by atoms with van der Waals surface area (Å²) in [5.41, 5.74) is -0.0338. The summed E-state index contributed by atoms with van der Waals surface area (Å²) in [6.45, 7) is 5.98. The van der Waals surface area contributed by atoms with Gasteiger partial charge in [0.1, 0.15) is 17.5 Å². The maximum Gasteiger partial charge on any atom is 0.262 e. The first-order chi connectivity index (χ1) is 30.7. The number of aliphatic hydroxyl groups is 1. The summed E-state index contributed by atoms with van der Waals surface area (Å²) in [7, 11) is -3.58. The molecule has 19 heteroatoms. The van der Waals surface area contributed by atoms with Crippen LogP contribution >= 0.6 is 0 Å². The highest BCUT2D eigenvalue weighted by atomic mass is 32.2. The summed E-state index contributed by atoms with van der Waals surface area (Å²) in [6, 6.07) is 11.3. The van der Waals surface area contributed by atoms with Crippen LogP contribution in [0.5, 0.6) is 0 Å². The number of nitrogens with zero attached hydrogens (tertiary/aromatic N) is 7. The highest BCUT2D eigenvalue weighted by Crippen LogP contribution is 2.40. The van der Waals surface area contributed by atoms with Gasteiger partial charge < -0.3 is 15.3 Å². The van der Waals surface area contributed by atoms with Crippen molar-refractivity contribution >= 4 is 61.8 Å². The highest BCUT2D eigenvalue weighted by Gasteiger charge is 2.46. The number of hydrogen-bond donors (Lipinski definition) is 3. The van der Waals surface area contributed by atoms with Crippen LogP contribution in [0.3, 0.4) is 0 Å². The Morgan fingerprint density at radius 2 is 1.55 bits per heavy atom. The van der Waals surface area contributed by atoms with Gasteiger partial charge in [0.05, 0.1) is 38.6 Å². The van der Waals surface area contributed by atoms with Crippen molar-refractivity contribution in [3.63, 3.8) is 0 Å². The molecule has 5 aliphatic heterocycles. The van der Waals surface area contributed by atoms with Gasteiger partial charge in [-0.05, 0) is 114 Å². The number of anilines is 3. The number of benzene rings is 2. The second-order valence-corrected chi connectivity index (χ2v) is 20.6. The summed E-state index contributed by atoms with van der Waals surface area (Å²) in [5, 5.41) is 16.5. The number of carbonyl (C=O) groups excluding carboxylic acids is 4. The molecule has 10 rings (SSSR count). The van der Waals surface area contributed by atoms with Crippen LogP contribution in [-0.2, 0) is 19.4 Å². The number of aromatic nitrogens is 3. The first kappa shape index (κ1) is 42.3. The summed E-state index contributed by atoms with van der Waals surface area (Å²) in [5.74, 6) is -2.93. The van der Waals surface area contributed by atoms with E-state index < -0.39 is 62.2 Å². The average Bonchev–Trinajstić information content (AvgIpc) is 3.73. The number of amides is 4. The zero-order valence-electron chi connectivity index (χ0n) is 35.4.